The van der Waals surface area contributed by atoms with Gasteiger partial charge in [-0.25, -0.2) is 0 Å². The van der Waals surface area contributed by atoms with Gasteiger partial charge in [-0.1, -0.05) is 42.5 Å². The van der Waals surface area contributed by atoms with E-state index >= 15 is 0 Å². The molecule has 0 spiro atoms. The van der Waals surface area contributed by atoms with Gasteiger partial charge in [-0.3, -0.25) is 9.79 Å². The van der Waals surface area contributed by atoms with Crippen LogP contribution in [-0.2, 0) is 4.79 Å². The molecule has 0 aromatic heterocycles. The number of anilines is 1. The van der Waals surface area contributed by atoms with E-state index < -0.39 is 0 Å². The highest BCUT2D eigenvalue weighted by Crippen LogP contribution is 2.22. The van der Waals surface area contributed by atoms with Crippen LogP contribution >= 0.6 is 0 Å². The van der Waals surface area contributed by atoms with Gasteiger partial charge in [-0.2, -0.15) is 0 Å². The van der Waals surface area contributed by atoms with Crippen molar-refractivity contribution in [2.75, 3.05) is 11.9 Å². The van der Waals surface area contributed by atoms with Gasteiger partial charge in [0.15, 0.2) is 6.61 Å². The third-order valence-corrected chi connectivity index (χ3v) is 4.04. The van der Waals surface area contributed by atoms with Crippen molar-refractivity contribution in [2.45, 2.75) is 13.8 Å². The van der Waals surface area contributed by atoms with E-state index in [4.69, 9.17) is 4.74 Å². The first-order chi connectivity index (χ1) is 13.1. The second kappa shape index (κ2) is 8.81. The third-order valence-electron chi connectivity index (χ3n) is 4.04. The standard InChI is InChI=1S/C23H22N2O2/c1-17-12-13-18(2)21(14-17)24-15-19-8-6-7-11-22(19)27-16-23(26)25-20-9-4-3-5-10-20/h3-15H,16H2,1-2H3,(H,25,26). The smallest absolute Gasteiger partial charge is 0.262 e. The number of rotatable bonds is 6. The Kier molecular flexibility index (Phi) is 6.00. The Balaban J connectivity index is 1.68. The van der Waals surface area contributed by atoms with Crippen molar-refractivity contribution >= 4 is 23.5 Å². The fraction of sp³-hybridized carbons (Fsp3) is 0.130. The van der Waals surface area contributed by atoms with Gasteiger partial charge in [-0.15, -0.1) is 0 Å². The van der Waals surface area contributed by atoms with Crippen LogP contribution in [0.4, 0.5) is 11.4 Å². The molecule has 0 bridgehead atoms. The first-order valence-electron chi connectivity index (χ1n) is 8.80. The maximum atomic E-state index is 12.1. The Morgan fingerprint density at radius 3 is 2.56 bits per heavy atom. The van der Waals surface area contributed by atoms with Crippen molar-refractivity contribution < 1.29 is 9.53 Å². The van der Waals surface area contributed by atoms with Crippen LogP contribution in [-0.4, -0.2) is 18.7 Å². The predicted molar refractivity (Wildman–Crippen MR) is 110 cm³/mol. The number of ether oxygens (including phenoxy) is 1. The molecular formula is C23H22N2O2. The van der Waals surface area contributed by atoms with Crippen LogP contribution in [0.25, 0.3) is 0 Å². The van der Waals surface area contributed by atoms with Gasteiger partial charge in [0.25, 0.3) is 5.91 Å². The normalized spacial score (nSPS) is 10.7. The summed E-state index contributed by atoms with van der Waals surface area (Å²) in [6, 6.07) is 23.0. The number of hydrogen-bond donors (Lipinski definition) is 1. The van der Waals surface area contributed by atoms with Crippen LogP contribution in [0.2, 0.25) is 0 Å². The molecule has 0 unspecified atom stereocenters. The summed E-state index contributed by atoms with van der Waals surface area (Å²) in [5.74, 6) is 0.414. The Hall–Kier alpha value is -3.40. The second-order valence-electron chi connectivity index (χ2n) is 6.29. The lowest BCUT2D eigenvalue weighted by Crippen LogP contribution is -2.20. The lowest BCUT2D eigenvalue weighted by atomic mass is 10.1. The van der Waals surface area contributed by atoms with Crippen molar-refractivity contribution in [3.63, 3.8) is 0 Å². The van der Waals surface area contributed by atoms with Gasteiger partial charge in [-0.05, 0) is 55.3 Å². The van der Waals surface area contributed by atoms with Crippen molar-refractivity contribution in [1.82, 2.24) is 0 Å². The molecule has 0 radical (unpaired) electrons. The highest BCUT2D eigenvalue weighted by atomic mass is 16.5. The van der Waals surface area contributed by atoms with Gasteiger partial charge in [0.1, 0.15) is 5.75 Å². The second-order valence-corrected chi connectivity index (χ2v) is 6.29. The minimum absolute atomic E-state index is 0.0662. The van der Waals surface area contributed by atoms with E-state index in [-0.39, 0.29) is 12.5 Å². The fourth-order valence-corrected chi connectivity index (χ4v) is 2.58. The number of para-hydroxylation sites is 2. The molecule has 27 heavy (non-hydrogen) atoms. The number of nitrogens with zero attached hydrogens (tertiary/aromatic N) is 1. The maximum absolute atomic E-state index is 12.1. The van der Waals surface area contributed by atoms with Crippen LogP contribution < -0.4 is 10.1 Å². The highest BCUT2D eigenvalue weighted by Gasteiger charge is 2.06. The average molecular weight is 358 g/mol. The van der Waals surface area contributed by atoms with E-state index in [2.05, 4.69) is 22.4 Å². The van der Waals surface area contributed by atoms with Crippen LogP contribution in [0.15, 0.2) is 77.8 Å². The van der Waals surface area contributed by atoms with Gasteiger partial charge in [0, 0.05) is 17.5 Å². The Morgan fingerprint density at radius 2 is 1.74 bits per heavy atom. The van der Waals surface area contributed by atoms with Crippen LogP contribution in [0.5, 0.6) is 5.75 Å². The fourth-order valence-electron chi connectivity index (χ4n) is 2.58. The first kappa shape index (κ1) is 18.4. The number of hydrogen-bond acceptors (Lipinski definition) is 3. The van der Waals surface area contributed by atoms with Crippen molar-refractivity contribution in [2.24, 2.45) is 4.99 Å². The molecule has 3 aromatic rings. The summed E-state index contributed by atoms with van der Waals surface area (Å²) in [6.45, 7) is 4.01. The monoisotopic (exact) mass is 358 g/mol. The van der Waals surface area contributed by atoms with E-state index in [9.17, 15) is 4.79 Å². The first-order valence-corrected chi connectivity index (χ1v) is 8.80. The van der Waals surface area contributed by atoms with Crippen molar-refractivity contribution in [3.05, 3.63) is 89.5 Å². The van der Waals surface area contributed by atoms with Crippen molar-refractivity contribution in [1.29, 1.82) is 0 Å². The lowest BCUT2D eigenvalue weighted by molar-refractivity contribution is -0.118. The molecule has 136 valence electrons. The average Bonchev–Trinajstić information content (AvgIpc) is 2.68. The van der Waals surface area contributed by atoms with Crippen molar-refractivity contribution in [3.8, 4) is 5.75 Å². The zero-order chi connectivity index (χ0) is 19.1. The molecule has 0 atom stereocenters. The molecule has 4 heteroatoms. The number of carbonyl (C=O) groups excluding carboxylic acids is 1. The zero-order valence-corrected chi connectivity index (χ0v) is 15.5. The number of nitrogens with one attached hydrogen (secondary N) is 1. The van der Waals surface area contributed by atoms with E-state index in [1.54, 1.807) is 6.21 Å². The Labute approximate surface area is 159 Å². The molecule has 0 aliphatic heterocycles. The molecule has 0 fully saturated rings. The van der Waals surface area contributed by atoms with Gasteiger partial charge < -0.3 is 10.1 Å². The SMILES string of the molecule is Cc1ccc(C)c(N=Cc2ccccc2OCC(=O)Nc2ccccc2)c1. The number of benzene rings is 3. The molecule has 0 aliphatic carbocycles. The Morgan fingerprint density at radius 1 is 1.00 bits per heavy atom. The number of carbonyl (C=O) groups is 1. The maximum Gasteiger partial charge on any atom is 0.262 e. The van der Waals surface area contributed by atoms with Gasteiger partial charge in [0.05, 0.1) is 5.69 Å². The van der Waals surface area contributed by atoms with Crippen LogP contribution in [0, 0.1) is 13.8 Å². The van der Waals surface area contributed by atoms with Gasteiger partial charge in [0.2, 0.25) is 0 Å². The summed E-state index contributed by atoms with van der Waals surface area (Å²) in [5.41, 5.74) is 4.76. The molecular weight excluding hydrogens is 336 g/mol. The summed E-state index contributed by atoms with van der Waals surface area (Å²) in [5, 5.41) is 2.81. The van der Waals surface area contributed by atoms with Crippen LogP contribution in [0.3, 0.4) is 0 Å². The molecule has 1 amide bonds. The molecule has 4 nitrogen and oxygen atoms in total. The van der Waals surface area contributed by atoms with Gasteiger partial charge >= 0.3 is 0 Å². The van der Waals surface area contributed by atoms with E-state index in [1.165, 1.54) is 0 Å². The largest absolute Gasteiger partial charge is 0.483 e. The molecule has 3 aromatic carbocycles. The topological polar surface area (TPSA) is 50.7 Å². The predicted octanol–water partition coefficient (Wildman–Crippen LogP) is 5.07. The molecule has 0 aliphatic rings. The zero-order valence-electron chi connectivity index (χ0n) is 15.5. The Bertz CT molecular complexity index is 950. The summed E-state index contributed by atoms with van der Waals surface area (Å²) in [4.78, 5) is 16.7. The quantitative estimate of drug-likeness (QED) is 0.625. The lowest BCUT2D eigenvalue weighted by Gasteiger charge is -2.09. The summed E-state index contributed by atoms with van der Waals surface area (Å²) in [6.07, 6.45) is 1.77. The highest BCUT2D eigenvalue weighted by molar-refractivity contribution is 5.92. The molecule has 3 rings (SSSR count). The molecule has 0 saturated heterocycles. The van der Waals surface area contributed by atoms with E-state index in [0.717, 1.165) is 28.1 Å². The van der Waals surface area contributed by atoms with E-state index in [1.807, 2.05) is 74.5 Å². The molecule has 0 heterocycles. The minimum atomic E-state index is -0.206. The summed E-state index contributed by atoms with van der Waals surface area (Å²) < 4.78 is 5.71. The summed E-state index contributed by atoms with van der Waals surface area (Å²) in [7, 11) is 0. The third kappa shape index (κ3) is 5.28. The summed E-state index contributed by atoms with van der Waals surface area (Å²) >= 11 is 0. The minimum Gasteiger partial charge on any atom is -0.483 e. The van der Waals surface area contributed by atoms with Crippen LogP contribution in [0.1, 0.15) is 16.7 Å². The molecule has 0 saturated carbocycles. The molecule has 1 N–H and O–H groups in total. The number of aryl methyl sites for hydroxylation is 2. The van der Waals surface area contributed by atoms with E-state index in [0.29, 0.717) is 5.75 Å². The number of amides is 1. The number of aliphatic imine (C=N–C) groups is 1.